The first-order chi connectivity index (χ1) is 8.13. The van der Waals surface area contributed by atoms with Gasteiger partial charge in [-0.25, -0.2) is 13.8 Å². The second-order valence-electron chi connectivity index (χ2n) is 3.79. The van der Waals surface area contributed by atoms with E-state index in [4.69, 9.17) is 5.73 Å². The lowest BCUT2D eigenvalue weighted by Crippen LogP contribution is -2.07. The van der Waals surface area contributed by atoms with Crippen molar-refractivity contribution in [2.24, 2.45) is 5.73 Å². The van der Waals surface area contributed by atoms with Gasteiger partial charge in [-0.15, -0.1) is 0 Å². The van der Waals surface area contributed by atoms with Gasteiger partial charge in [-0.2, -0.15) is 0 Å². The van der Waals surface area contributed by atoms with E-state index >= 15 is 0 Å². The first kappa shape index (κ1) is 11.7. The first-order valence-electron chi connectivity index (χ1n) is 5.32. The van der Waals surface area contributed by atoms with Crippen molar-refractivity contribution in [3.8, 4) is 5.69 Å². The van der Waals surface area contributed by atoms with Gasteiger partial charge in [0.25, 0.3) is 0 Å². The van der Waals surface area contributed by atoms with E-state index in [2.05, 4.69) is 4.98 Å². The van der Waals surface area contributed by atoms with Gasteiger partial charge in [-0.1, -0.05) is 0 Å². The van der Waals surface area contributed by atoms with Gasteiger partial charge in [0.2, 0.25) is 0 Å². The Morgan fingerprint density at radius 2 is 1.94 bits per heavy atom. The van der Waals surface area contributed by atoms with Crippen molar-refractivity contribution in [1.29, 1.82) is 0 Å². The van der Waals surface area contributed by atoms with Gasteiger partial charge in [-0.3, -0.25) is 4.57 Å². The molecule has 3 nitrogen and oxygen atoms in total. The summed E-state index contributed by atoms with van der Waals surface area (Å²) >= 11 is 0. The fourth-order valence-corrected chi connectivity index (χ4v) is 1.77. The summed E-state index contributed by atoms with van der Waals surface area (Å²) in [5.74, 6) is -0.668. The van der Waals surface area contributed by atoms with Crippen molar-refractivity contribution in [2.75, 3.05) is 6.54 Å². The van der Waals surface area contributed by atoms with Crippen LogP contribution in [0.4, 0.5) is 8.78 Å². The Hall–Kier alpha value is -1.75. The molecule has 1 aromatic heterocycles. The summed E-state index contributed by atoms with van der Waals surface area (Å²) in [7, 11) is 0. The molecule has 5 heteroatoms. The number of nitrogens with two attached hydrogens (primary N) is 1. The van der Waals surface area contributed by atoms with Crippen LogP contribution in [0, 0.1) is 18.6 Å². The van der Waals surface area contributed by atoms with Crippen LogP contribution in [-0.2, 0) is 6.42 Å². The van der Waals surface area contributed by atoms with E-state index in [9.17, 15) is 8.78 Å². The lowest BCUT2D eigenvalue weighted by molar-refractivity contribution is 0.564. The largest absolute Gasteiger partial charge is 0.330 e. The highest BCUT2D eigenvalue weighted by atomic mass is 19.1. The zero-order chi connectivity index (χ0) is 12.4. The molecule has 2 rings (SSSR count). The van der Waals surface area contributed by atoms with Crippen LogP contribution in [0.1, 0.15) is 11.4 Å². The molecule has 0 aliphatic heterocycles. The van der Waals surface area contributed by atoms with Crippen LogP contribution in [0.15, 0.2) is 24.5 Å². The maximum absolute atomic E-state index is 13.8. The summed E-state index contributed by atoms with van der Waals surface area (Å²) in [6.45, 7) is 2.05. The van der Waals surface area contributed by atoms with Gasteiger partial charge in [0, 0.05) is 12.4 Å². The van der Waals surface area contributed by atoms with Crippen LogP contribution in [0.5, 0.6) is 0 Å². The van der Waals surface area contributed by atoms with Gasteiger partial charge in [0.1, 0.15) is 11.5 Å². The molecule has 0 saturated carbocycles. The normalized spacial score (nSPS) is 10.8. The van der Waals surface area contributed by atoms with Gasteiger partial charge in [0.15, 0.2) is 11.6 Å². The van der Waals surface area contributed by atoms with Crippen molar-refractivity contribution >= 4 is 0 Å². The molecule has 0 spiro atoms. The zero-order valence-electron chi connectivity index (χ0n) is 9.45. The number of rotatable bonds is 3. The van der Waals surface area contributed by atoms with Gasteiger partial charge in [-0.05, 0) is 37.6 Å². The quantitative estimate of drug-likeness (QED) is 0.886. The average Bonchev–Trinajstić information content (AvgIpc) is 2.64. The molecule has 2 aromatic rings. The number of benzene rings is 1. The lowest BCUT2D eigenvalue weighted by Gasteiger charge is -2.09. The molecule has 0 amide bonds. The van der Waals surface area contributed by atoms with Crippen molar-refractivity contribution in [2.45, 2.75) is 13.3 Å². The van der Waals surface area contributed by atoms with Crippen LogP contribution in [0.3, 0.4) is 0 Å². The number of hydrogen-bond acceptors (Lipinski definition) is 2. The molecule has 0 fully saturated rings. The molecule has 0 unspecified atom stereocenters. The standard InChI is InChI=1S/C12H13F2N3/c1-8-16-4-5-17(8)12-10(13)6-9(2-3-15)7-11(12)14/h4-7H,2-3,15H2,1H3. The molecular weight excluding hydrogens is 224 g/mol. The SMILES string of the molecule is Cc1nccn1-c1c(F)cc(CCN)cc1F. The number of nitrogens with zero attached hydrogens (tertiary/aromatic N) is 2. The van der Waals surface area contributed by atoms with Crippen LogP contribution in [0.25, 0.3) is 5.69 Å². The summed E-state index contributed by atoms with van der Waals surface area (Å²) in [6.07, 6.45) is 3.48. The molecule has 0 radical (unpaired) electrons. The third-order valence-corrected chi connectivity index (χ3v) is 2.58. The number of halogens is 2. The topological polar surface area (TPSA) is 43.8 Å². The smallest absolute Gasteiger partial charge is 0.150 e. The highest BCUT2D eigenvalue weighted by Gasteiger charge is 2.14. The maximum atomic E-state index is 13.8. The number of imidazole rings is 1. The molecule has 90 valence electrons. The third-order valence-electron chi connectivity index (χ3n) is 2.58. The van der Waals surface area contributed by atoms with Crippen molar-refractivity contribution in [3.05, 3.63) is 47.5 Å². The Labute approximate surface area is 97.9 Å². The fraction of sp³-hybridized carbons (Fsp3) is 0.250. The second kappa shape index (κ2) is 4.63. The molecule has 17 heavy (non-hydrogen) atoms. The van der Waals surface area contributed by atoms with Crippen LogP contribution in [-0.4, -0.2) is 16.1 Å². The van der Waals surface area contributed by atoms with Gasteiger partial charge < -0.3 is 5.73 Å². The third kappa shape index (κ3) is 2.19. The summed E-state index contributed by atoms with van der Waals surface area (Å²) in [6, 6.07) is 2.62. The van der Waals surface area contributed by atoms with Crippen LogP contribution < -0.4 is 5.73 Å². The van der Waals surface area contributed by atoms with E-state index in [1.54, 1.807) is 6.92 Å². The Morgan fingerprint density at radius 1 is 1.29 bits per heavy atom. The Balaban J connectivity index is 2.53. The molecule has 1 aromatic carbocycles. The molecule has 2 N–H and O–H groups in total. The van der Waals surface area contributed by atoms with E-state index < -0.39 is 11.6 Å². The first-order valence-corrected chi connectivity index (χ1v) is 5.32. The summed E-state index contributed by atoms with van der Waals surface area (Å²) in [4.78, 5) is 3.94. The predicted octanol–water partition coefficient (Wildman–Crippen LogP) is 1.96. The van der Waals surface area contributed by atoms with E-state index in [-0.39, 0.29) is 5.69 Å². The van der Waals surface area contributed by atoms with Crippen LogP contribution >= 0.6 is 0 Å². The minimum absolute atomic E-state index is 0.0965. The van der Waals surface area contributed by atoms with Gasteiger partial charge >= 0.3 is 0 Å². The molecule has 0 bridgehead atoms. The minimum atomic E-state index is -0.602. The second-order valence-corrected chi connectivity index (χ2v) is 3.79. The maximum Gasteiger partial charge on any atom is 0.150 e. The number of hydrogen-bond donors (Lipinski definition) is 1. The Morgan fingerprint density at radius 3 is 2.41 bits per heavy atom. The van der Waals surface area contributed by atoms with Crippen molar-refractivity contribution < 1.29 is 8.78 Å². The minimum Gasteiger partial charge on any atom is -0.330 e. The monoisotopic (exact) mass is 237 g/mol. The average molecular weight is 237 g/mol. The molecule has 1 heterocycles. The molecule has 0 aliphatic carbocycles. The fourth-order valence-electron chi connectivity index (χ4n) is 1.77. The molecule has 0 saturated heterocycles. The van der Waals surface area contributed by atoms with Crippen molar-refractivity contribution in [3.63, 3.8) is 0 Å². The van der Waals surface area contributed by atoms with E-state index in [0.717, 1.165) is 0 Å². The van der Waals surface area contributed by atoms with Gasteiger partial charge in [0.05, 0.1) is 0 Å². The number of aryl methyl sites for hydroxylation is 1. The van der Waals surface area contributed by atoms with E-state index in [1.807, 2.05) is 0 Å². The predicted molar refractivity (Wildman–Crippen MR) is 61.0 cm³/mol. The Bertz CT molecular complexity index is 511. The summed E-state index contributed by atoms with van der Waals surface area (Å²) in [5.41, 5.74) is 5.82. The molecule has 0 aliphatic rings. The number of aromatic nitrogens is 2. The lowest BCUT2D eigenvalue weighted by atomic mass is 10.1. The highest BCUT2D eigenvalue weighted by molar-refractivity contribution is 5.39. The summed E-state index contributed by atoms with van der Waals surface area (Å²) in [5, 5.41) is 0. The highest BCUT2D eigenvalue weighted by Crippen LogP contribution is 2.21. The van der Waals surface area contributed by atoms with Crippen LogP contribution in [0.2, 0.25) is 0 Å². The van der Waals surface area contributed by atoms with E-state index in [1.165, 1.54) is 29.1 Å². The van der Waals surface area contributed by atoms with E-state index in [0.29, 0.717) is 24.4 Å². The Kier molecular flexibility index (Phi) is 3.19. The molecule has 0 atom stereocenters. The zero-order valence-corrected chi connectivity index (χ0v) is 9.45. The molecular formula is C12H13F2N3. The summed E-state index contributed by atoms with van der Waals surface area (Å²) < 4.78 is 29.1. The van der Waals surface area contributed by atoms with Crippen molar-refractivity contribution in [1.82, 2.24) is 9.55 Å².